The van der Waals surface area contributed by atoms with Crippen LogP contribution in [0, 0.1) is 28.6 Å². The van der Waals surface area contributed by atoms with E-state index >= 15 is 0 Å². The summed E-state index contributed by atoms with van der Waals surface area (Å²) >= 11 is 0. The standard InChI is InChI=1S/C22H36O2/c1-14(2)24-16-9-11-21(3)15(13-16)5-6-17-18-7-8-20(23)22(18,4)12-10-19(17)21/h5,14,16-20,23H,6-13H2,1-4H3/t16-,17+,18+,19+,20+,21+,22+/m1/s1. The van der Waals surface area contributed by atoms with Crippen LogP contribution in [-0.4, -0.2) is 23.4 Å². The fraction of sp³-hybridized carbons (Fsp3) is 0.909. The molecule has 0 aliphatic heterocycles. The van der Waals surface area contributed by atoms with Crippen molar-refractivity contribution in [1.29, 1.82) is 0 Å². The molecule has 2 heteroatoms. The molecule has 0 bridgehead atoms. The molecule has 3 fully saturated rings. The zero-order valence-electron chi connectivity index (χ0n) is 16.1. The van der Waals surface area contributed by atoms with E-state index in [-0.39, 0.29) is 11.5 Å². The summed E-state index contributed by atoms with van der Waals surface area (Å²) in [6, 6.07) is 0. The molecule has 24 heavy (non-hydrogen) atoms. The third-order valence-electron chi connectivity index (χ3n) is 8.47. The average Bonchev–Trinajstić information content (AvgIpc) is 2.83. The van der Waals surface area contributed by atoms with Crippen molar-refractivity contribution >= 4 is 0 Å². The van der Waals surface area contributed by atoms with Crippen molar-refractivity contribution in [2.75, 3.05) is 0 Å². The lowest BCUT2D eigenvalue weighted by atomic mass is 9.48. The first-order valence-corrected chi connectivity index (χ1v) is 10.4. The molecule has 0 unspecified atom stereocenters. The van der Waals surface area contributed by atoms with Crippen LogP contribution in [0.4, 0.5) is 0 Å². The van der Waals surface area contributed by atoms with Gasteiger partial charge in [0, 0.05) is 0 Å². The molecular formula is C22H36O2. The Kier molecular flexibility index (Phi) is 4.16. The van der Waals surface area contributed by atoms with Gasteiger partial charge in [0.1, 0.15) is 0 Å². The van der Waals surface area contributed by atoms with Crippen LogP contribution >= 0.6 is 0 Å². The van der Waals surface area contributed by atoms with E-state index in [0.717, 1.165) is 30.6 Å². The number of ether oxygens (including phenoxy) is 1. The summed E-state index contributed by atoms with van der Waals surface area (Å²) in [5.41, 5.74) is 2.29. The quantitative estimate of drug-likeness (QED) is 0.713. The van der Waals surface area contributed by atoms with Gasteiger partial charge in [0.25, 0.3) is 0 Å². The predicted molar refractivity (Wildman–Crippen MR) is 97.7 cm³/mol. The second-order valence-corrected chi connectivity index (χ2v) is 9.95. The SMILES string of the molecule is CC(C)O[C@@H]1CC[C@@]2(C)C(=CC[C@H]3[C@@H]4CC[C@H](O)[C@@]4(C)CC[C@@H]32)C1. The highest BCUT2D eigenvalue weighted by Crippen LogP contribution is 2.64. The molecule has 1 N–H and O–H groups in total. The van der Waals surface area contributed by atoms with E-state index in [0.29, 0.717) is 17.6 Å². The number of rotatable bonds is 2. The maximum absolute atomic E-state index is 10.6. The molecule has 7 atom stereocenters. The van der Waals surface area contributed by atoms with Crippen LogP contribution in [0.2, 0.25) is 0 Å². The minimum atomic E-state index is -0.0585. The largest absolute Gasteiger partial charge is 0.393 e. The van der Waals surface area contributed by atoms with Crippen LogP contribution < -0.4 is 0 Å². The minimum absolute atomic E-state index is 0.0585. The van der Waals surface area contributed by atoms with E-state index in [1.807, 2.05) is 0 Å². The van der Waals surface area contributed by atoms with Gasteiger partial charge in [-0.1, -0.05) is 25.5 Å². The maximum Gasteiger partial charge on any atom is 0.0616 e. The van der Waals surface area contributed by atoms with Gasteiger partial charge in [-0.15, -0.1) is 0 Å². The molecule has 4 rings (SSSR count). The van der Waals surface area contributed by atoms with E-state index in [2.05, 4.69) is 33.8 Å². The van der Waals surface area contributed by atoms with Crippen molar-refractivity contribution in [3.8, 4) is 0 Å². The summed E-state index contributed by atoms with van der Waals surface area (Å²) in [5.74, 6) is 2.38. The molecule has 0 radical (unpaired) electrons. The van der Waals surface area contributed by atoms with Crippen LogP contribution in [0.3, 0.4) is 0 Å². The van der Waals surface area contributed by atoms with E-state index in [1.54, 1.807) is 5.57 Å². The first-order valence-electron chi connectivity index (χ1n) is 10.4. The Morgan fingerprint density at radius 1 is 1.08 bits per heavy atom. The van der Waals surface area contributed by atoms with Gasteiger partial charge >= 0.3 is 0 Å². The Labute approximate surface area is 148 Å². The van der Waals surface area contributed by atoms with Crippen molar-refractivity contribution in [2.45, 2.75) is 97.4 Å². The van der Waals surface area contributed by atoms with Crippen molar-refractivity contribution < 1.29 is 9.84 Å². The molecule has 0 aromatic heterocycles. The smallest absolute Gasteiger partial charge is 0.0616 e. The molecular weight excluding hydrogens is 296 g/mol. The lowest BCUT2D eigenvalue weighted by molar-refractivity contribution is -0.0801. The first-order chi connectivity index (χ1) is 11.3. The number of hydrogen-bond acceptors (Lipinski definition) is 2. The third kappa shape index (κ3) is 2.43. The molecule has 136 valence electrons. The number of hydrogen-bond donors (Lipinski definition) is 1. The zero-order chi connectivity index (χ0) is 17.1. The Hall–Kier alpha value is -0.340. The normalized spacial score (nSPS) is 50.9. The van der Waals surface area contributed by atoms with Gasteiger partial charge in [-0.2, -0.15) is 0 Å². The molecule has 2 nitrogen and oxygen atoms in total. The van der Waals surface area contributed by atoms with Crippen molar-refractivity contribution in [2.24, 2.45) is 28.6 Å². The fourth-order valence-corrected chi connectivity index (χ4v) is 7.10. The number of aliphatic hydroxyl groups is 1. The molecule has 4 aliphatic carbocycles. The fourth-order valence-electron chi connectivity index (χ4n) is 7.10. The van der Waals surface area contributed by atoms with Gasteiger partial charge in [-0.05, 0) is 93.8 Å². The van der Waals surface area contributed by atoms with E-state index in [4.69, 9.17) is 4.74 Å². The molecule has 3 saturated carbocycles. The lowest BCUT2D eigenvalue weighted by Crippen LogP contribution is -2.51. The summed E-state index contributed by atoms with van der Waals surface area (Å²) in [6.45, 7) is 9.24. The van der Waals surface area contributed by atoms with Gasteiger partial charge in [0.15, 0.2) is 0 Å². The van der Waals surface area contributed by atoms with Crippen molar-refractivity contribution in [1.82, 2.24) is 0 Å². The van der Waals surface area contributed by atoms with Gasteiger partial charge in [-0.3, -0.25) is 0 Å². The second kappa shape index (κ2) is 5.84. The highest BCUT2D eigenvalue weighted by Gasteiger charge is 2.58. The monoisotopic (exact) mass is 332 g/mol. The van der Waals surface area contributed by atoms with E-state index < -0.39 is 0 Å². The first kappa shape index (κ1) is 17.1. The van der Waals surface area contributed by atoms with Crippen LogP contribution in [0.15, 0.2) is 11.6 Å². The van der Waals surface area contributed by atoms with E-state index in [9.17, 15) is 5.11 Å². The second-order valence-electron chi connectivity index (χ2n) is 9.95. The molecule has 0 heterocycles. The third-order valence-corrected chi connectivity index (χ3v) is 8.47. The number of fused-ring (bicyclic) bond motifs is 5. The predicted octanol–water partition coefficient (Wildman–Crippen LogP) is 5.10. The Bertz CT molecular complexity index is 524. The van der Waals surface area contributed by atoms with E-state index in [1.165, 1.54) is 38.5 Å². The molecule has 4 aliphatic rings. The Morgan fingerprint density at radius 3 is 2.62 bits per heavy atom. The van der Waals surface area contributed by atoms with Crippen LogP contribution in [0.1, 0.15) is 79.1 Å². The highest BCUT2D eigenvalue weighted by atomic mass is 16.5. The maximum atomic E-state index is 10.6. The molecule has 0 saturated heterocycles. The topological polar surface area (TPSA) is 29.5 Å². The van der Waals surface area contributed by atoms with Crippen molar-refractivity contribution in [3.63, 3.8) is 0 Å². The van der Waals surface area contributed by atoms with Crippen LogP contribution in [0.25, 0.3) is 0 Å². The Balaban J connectivity index is 1.58. The number of aliphatic hydroxyl groups excluding tert-OH is 1. The molecule has 0 spiro atoms. The zero-order valence-corrected chi connectivity index (χ0v) is 16.1. The number of allylic oxidation sites excluding steroid dienone is 1. The molecule has 0 aromatic carbocycles. The summed E-state index contributed by atoms with van der Waals surface area (Å²) in [7, 11) is 0. The average molecular weight is 333 g/mol. The van der Waals surface area contributed by atoms with Crippen molar-refractivity contribution in [3.05, 3.63) is 11.6 Å². The summed E-state index contributed by atoms with van der Waals surface area (Å²) < 4.78 is 6.15. The van der Waals surface area contributed by atoms with Gasteiger partial charge in [-0.25, -0.2) is 0 Å². The summed E-state index contributed by atoms with van der Waals surface area (Å²) in [4.78, 5) is 0. The van der Waals surface area contributed by atoms with Crippen LogP contribution in [0.5, 0.6) is 0 Å². The lowest BCUT2D eigenvalue weighted by Gasteiger charge is -2.57. The molecule has 0 aromatic rings. The minimum Gasteiger partial charge on any atom is -0.393 e. The van der Waals surface area contributed by atoms with Gasteiger partial charge in [0.2, 0.25) is 0 Å². The summed E-state index contributed by atoms with van der Waals surface area (Å²) in [5, 5.41) is 10.6. The van der Waals surface area contributed by atoms with Gasteiger partial charge < -0.3 is 9.84 Å². The van der Waals surface area contributed by atoms with Crippen LogP contribution in [-0.2, 0) is 4.74 Å². The molecule has 0 amide bonds. The Morgan fingerprint density at radius 2 is 1.88 bits per heavy atom. The highest BCUT2D eigenvalue weighted by molar-refractivity contribution is 5.25. The summed E-state index contributed by atoms with van der Waals surface area (Å²) in [6.07, 6.45) is 13.0. The van der Waals surface area contributed by atoms with Gasteiger partial charge in [0.05, 0.1) is 18.3 Å².